The van der Waals surface area contributed by atoms with Crippen LogP contribution in [0.1, 0.15) is 27.9 Å². The number of hydrogen-bond donors (Lipinski definition) is 0. The van der Waals surface area contributed by atoms with Crippen LogP contribution in [0.15, 0.2) is 41.5 Å². The Balaban J connectivity index is 1.42. The molecule has 0 spiro atoms. The number of piperidine rings is 1. The van der Waals surface area contributed by atoms with Crippen molar-refractivity contribution in [1.29, 1.82) is 0 Å². The highest BCUT2D eigenvalue weighted by Crippen LogP contribution is 2.59. The Morgan fingerprint density at radius 2 is 1.81 bits per heavy atom. The molecule has 1 saturated carbocycles. The summed E-state index contributed by atoms with van der Waals surface area (Å²) in [5.74, 6) is -0.204. The van der Waals surface area contributed by atoms with Gasteiger partial charge in [-0.3, -0.25) is 9.59 Å². The Hall–Kier alpha value is -3.23. The van der Waals surface area contributed by atoms with Crippen LogP contribution in [0.3, 0.4) is 0 Å². The number of fused-ring (bicyclic) bond motifs is 2. The zero-order chi connectivity index (χ0) is 23.0. The molecule has 3 heterocycles. The van der Waals surface area contributed by atoms with Gasteiger partial charge < -0.3 is 18.8 Å². The maximum absolute atomic E-state index is 13.4. The van der Waals surface area contributed by atoms with Crippen LogP contribution in [0.25, 0.3) is 10.9 Å². The summed E-state index contributed by atoms with van der Waals surface area (Å²) in [5, 5.41) is 0.420. The van der Waals surface area contributed by atoms with E-state index < -0.39 is 6.36 Å². The molecule has 1 amide bonds. The number of carbonyl (C=O) groups excluding carboxylic acids is 1. The number of hydrogen-bond acceptors (Lipinski definition) is 3. The van der Waals surface area contributed by atoms with Crippen molar-refractivity contribution in [1.82, 2.24) is 14.0 Å². The van der Waals surface area contributed by atoms with Crippen molar-refractivity contribution in [2.45, 2.75) is 25.1 Å². The maximum atomic E-state index is 13.4. The van der Waals surface area contributed by atoms with Gasteiger partial charge in [0.1, 0.15) is 5.75 Å². The lowest BCUT2D eigenvalue weighted by Crippen LogP contribution is -2.33. The minimum Gasteiger partial charge on any atom is -0.406 e. The molecule has 6 nitrogen and oxygen atoms in total. The molecule has 2 atom stereocenters. The Bertz CT molecular complexity index is 1310. The number of benzene rings is 1. The first kappa shape index (κ1) is 20.7. The number of pyridine rings is 1. The first-order chi connectivity index (χ1) is 15.0. The molecule has 2 aromatic heterocycles. The van der Waals surface area contributed by atoms with Gasteiger partial charge in [-0.2, -0.15) is 0 Å². The van der Waals surface area contributed by atoms with Crippen LogP contribution < -0.4 is 10.3 Å². The number of ether oxygens (including phenoxy) is 1. The van der Waals surface area contributed by atoms with Crippen molar-refractivity contribution in [2.75, 3.05) is 13.1 Å². The standard InChI is InChI=1S/C23H22F3N3O3/c1-13-9-28(3)21(31)18-17(11-27(2)19(13)18)20(30)29-10-15-8-22(15,12-29)14-4-6-16(7-5-14)32-23(24,25)26/h4-7,9,11,15H,8,10,12H2,1-3H3. The second kappa shape index (κ2) is 6.63. The first-order valence-electron chi connectivity index (χ1n) is 10.3. The largest absolute Gasteiger partial charge is 0.573 e. The van der Waals surface area contributed by atoms with Gasteiger partial charge in [-0.25, -0.2) is 0 Å². The molecule has 0 N–H and O–H groups in total. The summed E-state index contributed by atoms with van der Waals surface area (Å²) in [6.07, 6.45) is -0.383. The number of aromatic nitrogens is 2. The number of carbonyl (C=O) groups is 1. The van der Waals surface area contributed by atoms with Gasteiger partial charge in [-0.15, -0.1) is 13.2 Å². The van der Waals surface area contributed by atoms with E-state index in [1.807, 2.05) is 18.5 Å². The van der Waals surface area contributed by atoms with E-state index in [2.05, 4.69) is 4.74 Å². The van der Waals surface area contributed by atoms with Gasteiger partial charge in [0.15, 0.2) is 0 Å². The van der Waals surface area contributed by atoms with Crippen molar-refractivity contribution in [3.05, 3.63) is 63.7 Å². The average Bonchev–Trinajstić information content (AvgIpc) is 3.09. The van der Waals surface area contributed by atoms with E-state index in [1.165, 1.54) is 16.7 Å². The summed E-state index contributed by atoms with van der Waals surface area (Å²) >= 11 is 0. The lowest BCUT2D eigenvalue weighted by Gasteiger charge is -2.21. The zero-order valence-corrected chi connectivity index (χ0v) is 17.9. The molecule has 32 heavy (non-hydrogen) atoms. The van der Waals surface area contributed by atoms with E-state index in [4.69, 9.17) is 0 Å². The van der Waals surface area contributed by atoms with E-state index in [-0.39, 0.29) is 28.5 Å². The minimum atomic E-state index is -4.73. The molecule has 0 radical (unpaired) electrons. The Morgan fingerprint density at radius 1 is 1.12 bits per heavy atom. The quantitative estimate of drug-likeness (QED) is 0.620. The summed E-state index contributed by atoms with van der Waals surface area (Å²) in [5.41, 5.74) is 2.47. The fraction of sp³-hybridized carbons (Fsp3) is 0.391. The predicted octanol–water partition coefficient (Wildman–Crippen LogP) is 3.50. The highest BCUT2D eigenvalue weighted by atomic mass is 19.4. The fourth-order valence-electron chi connectivity index (χ4n) is 5.31. The molecule has 2 unspecified atom stereocenters. The zero-order valence-electron chi connectivity index (χ0n) is 17.9. The van der Waals surface area contributed by atoms with Crippen LogP contribution in [-0.4, -0.2) is 39.4 Å². The third-order valence-electron chi connectivity index (χ3n) is 6.80. The normalized spacial score (nSPS) is 22.3. The van der Waals surface area contributed by atoms with Crippen molar-refractivity contribution >= 4 is 16.8 Å². The van der Waals surface area contributed by atoms with Gasteiger partial charge in [-0.1, -0.05) is 12.1 Å². The lowest BCUT2D eigenvalue weighted by molar-refractivity contribution is -0.274. The van der Waals surface area contributed by atoms with Gasteiger partial charge in [0, 0.05) is 45.0 Å². The first-order valence-corrected chi connectivity index (χ1v) is 10.3. The molecule has 2 aliphatic rings. The van der Waals surface area contributed by atoms with Crippen LogP contribution in [-0.2, 0) is 19.5 Å². The summed E-state index contributed by atoms with van der Waals surface area (Å²) < 4.78 is 44.5. The molecule has 3 aromatic rings. The molecule has 1 saturated heterocycles. The van der Waals surface area contributed by atoms with Crippen LogP contribution >= 0.6 is 0 Å². The van der Waals surface area contributed by atoms with E-state index in [1.54, 1.807) is 36.5 Å². The number of likely N-dealkylation sites (tertiary alicyclic amines) is 1. The van der Waals surface area contributed by atoms with Gasteiger partial charge in [0.2, 0.25) is 0 Å². The summed E-state index contributed by atoms with van der Waals surface area (Å²) in [4.78, 5) is 28.0. The number of rotatable bonds is 3. The van der Waals surface area contributed by atoms with E-state index in [9.17, 15) is 22.8 Å². The second-order valence-corrected chi connectivity index (χ2v) is 8.92. The Morgan fingerprint density at radius 3 is 2.47 bits per heavy atom. The molecular weight excluding hydrogens is 423 g/mol. The van der Waals surface area contributed by atoms with Crippen molar-refractivity contribution in [2.24, 2.45) is 20.0 Å². The predicted molar refractivity (Wildman–Crippen MR) is 112 cm³/mol. The maximum Gasteiger partial charge on any atom is 0.573 e. The van der Waals surface area contributed by atoms with Crippen molar-refractivity contribution in [3.63, 3.8) is 0 Å². The molecular formula is C23H22F3N3O3. The number of alkyl halides is 3. The molecule has 9 heteroatoms. The van der Waals surface area contributed by atoms with Crippen LogP contribution in [0.4, 0.5) is 13.2 Å². The van der Waals surface area contributed by atoms with Gasteiger partial charge in [0.05, 0.1) is 16.5 Å². The van der Waals surface area contributed by atoms with Gasteiger partial charge in [-0.05, 0) is 42.5 Å². The molecule has 0 bridgehead atoms. The summed E-state index contributed by atoms with van der Waals surface area (Å²) in [6, 6.07) is 5.92. The van der Waals surface area contributed by atoms with E-state index in [0.717, 1.165) is 23.1 Å². The highest BCUT2D eigenvalue weighted by Gasteiger charge is 2.61. The summed E-state index contributed by atoms with van der Waals surface area (Å²) in [7, 11) is 3.49. The van der Waals surface area contributed by atoms with Crippen molar-refractivity contribution in [3.8, 4) is 5.75 Å². The Kier molecular flexibility index (Phi) is 4.28. The van der Waals surface area contributed by atoms with Gasteiger partial charge in [0.25, 0.3) is 11.5 Å². The SMILES string of the molecule is Cc1cn(C)c(=O)c2c(C(=O)N3CC4CC4(c4ccc(OC(F)(F)F)cc4)C3)cn(C)c12. The number of halogens is 3. The molecule has 2 fully saturated rings. The van der Waals surface area contributed by atoms with E-state index >= 15 is 0 Å². The molecule has 168 valence electrons. The molecule has 5 rings (SSSR count). The highest BCUT2D eigenvalue weighted by molar-refractivity contribution is 6.07. The molecule has 1 aromatic carbocycles. The second-order valence-electron chi connectivity index (χ2n) is 8.92. The fourth-order valence-corrected chi connectivity index (χ4v) is 5.31. The average molecular weight is 445 g/mol. The minimum absolute atomic E-state index is 0.193. The van der Waals surface area contributed by atoms with Crippen LogP contribution in [0.2, 0.25) is 0 Å². The molecule has 1 aliphatic heterocycles. The van der Waals surface area contributed by atoms with Crippen LogP contribution in [0.5, 0.6) is 5.75 Å². The number of amides is 1. The third kappa shape index (κ3) is 3.10. The van der Waals surface area contributed by atoms with Gasteiger partial charge >= 0.3 is 6.36 Å². The Labute approximate surface area is 181 Å². The van der Waals surface area contributed by atoms with Crippen molar-refractivity contribution < 1.29 is 22.7 Å². The molecule has 1 aliphatic carbocycles. The van der Waals surface area contributed by atoms with E-state index in [0.29, 0.717) is 24.0 Å². The number of aryl methyl sites for hydroxylation is 3. The number of nitrogens with zero attached hydrogens (tertiary/aromatic N) is 3. The lowest BCUT2D eigenvalue weighted by atomic mass is 9.95. The topological polar surface area (TPSA) is 56.5 Å². The monoisotopic (exact) mass is 445 g/mol. The summed E-state index contributed by atoms with van der Waals surface area (Å²) in [6.45, 7) is 2.93. The van der Waals surface area contributed by atoms with Crippen LogP contribution in [0, 0.1) is 12.8 Å². The smallest absolute Gasteiger partial charge is 0.406 e. The third-order valence-corrected chi connectivity index (χ3v) is 6.80.